The van der Waals surface area contributed by atoms with E-state index in [0.29, 0.717) is 25.4 Å². The lowest BCUT2D eigenvalue weighted by Crippen LogP contribution is -2.43. The van der Waals surface area contributed by atoms with Gasteiger partial charge in [-0.15, -0.1) is 0 Å². The molecule has 1 aliphatic rings. The van der Waals surface area contributed by atoms with Crippen LogP contribution in [0.3, 0.4) is 0 Å². The maximum absolute atomic E-state index is 12.4. The highest BCUT2D eigenvalue weighted by Crippen LogP contribution is 2.23. The molecule has 0 unspecified atom stereocenters. The van der Waals surface area contributed by atoms with Crippen molar-refractivity contribution in [1.29, 1.82) is 0 Å². The molecule has 2 aromatic rings. The van der Waals surface area contributed by atoms with Crippen LogP contribution >= 0.6 is 0 Å². The number of aromatic nitrogens is 2. The fraction of sp³-hybridized carbons (Fsp3) is 0.526. The Morgan fingerprint density at radius 3 is 2.96 bits per heavy atom. The summed E-state index contributed by atoms with van der Waals surface area (Å²) in [7, 11) is 1.66. The first-order valence-electron chi connectivity index (χ1n) is 9.08. The van der Waals surface area contributed by atoms with E-state index < -0.39 is 0 Å². The second-order valence-electron chi connectivity index (χ2n) is 6.84. The fourth-order valence-corrected chi connectivity index (χ4v) is 2.98. The number of fused-ring (bicyclic) bond motifs is 1. The SMILES string of the molecule is COc1ccc2c(c1)CN(C(=O)NCCCc1nc(C(C)C)no1)CC2. The Labute approximate surface area is 153 Å². The van der Waals surface area contributed by atoms with E-state index in [1.54, 1.807) is 7.11 Å². The number of hydrogen-bond acceptors (Lipinski definition) is 5. The standard InChI is InChI=1S/C19H26N4O3/c1-13(2)18-21-17(26-22-18)5-4-9-20-19(24)23-10-8-14-6-7-16(25-3)11-15(14)12-23/h6-7,11,13H,4-5,8-10,12H2,1-3H3,(H,20,24). The van der Waals surface area contributed by atoms with Crippen LogP contribution in [0.1, 0.15) is 49.0 Å². The number of carbonyl (C=O) groups excluding carboxylic acids is 1. The first-order valence-corrected chi connectivity index (χ1v) is 9.08. The van der Waals surface area contributed by atoms with Crippen molar-refractivity contribution in [2.24, 2.45) is 0 Å². The van der Waals surface area contributed by atoms with Crippen molar-refractivity contribution < 1.29 is 14.1 Å². The molecule has 0 radical (unpaired) electrons. The number of urea groups is 1. The molecule has 2 amide bonds. The van der Waals surface area contributed by atoms with Crippen LogP contribution in [-0.4, -0.2) is 41.3 Å². The summed E-state index contributed by atoms with van der Waals surface area (Å²) in [5.74, 6) is 2.44. The van der Waals surface area contributed by atoms with Gasteiger partial charge < -0.3 is 19.5 Å². The van der Waals surface area contributed by atoms with Gasteiger partial charge in [0.1, 0.15) is 5.75 Å². The molecule has 1 aromatic carbocycles. The van der Waals surface area contributed by atoms with Gasteiger partial charge in [-0.3, -0.25) is 0 Å². The Kier molecular flexibility index (Phi) is 5.75. The predicted molar refractivity (Wildman–Crippen MR) is 97.2 cm³/mol. The van der Waals surface area contributed by atoms with Crippen LogP contribution in [0.4, 0.5) is 4.79 Å². The third-order valence-corrected chi connectivity index (χ3v) is 4.56. The molecule has 0 bridgehead atoms. The quantitative estimate of drug-likeness (QED) is 0.803. The van der Waals surface area contributed by atoms with E-state index in [1.165, 1.54) is 5.56 Å². The molecule has 0 fully saturated rings. The van der Waals surface area contributed by atoms with Crippen LogP contribution in [-0.2, 0) is 19.4 Å². The largest absolute Gasteiger partial charge is 0.497 e. The monoisotopic (exact) mass is 358 g/mol. The van der Waals surface area contributed by atoms with E-state index in [9.17, 15) is 4.79 Å². The maximum Gasteiger partial charge on any atom is 0.317 e. The predicted octanol–water partition coefficient (Wildman–Crippen LogP) is 2.90. The zero-order chi connectivity index (χ0) is 18.5. The van der Waals surface area contributed by atoms with Gasteiger partial charge in [-0.2, -0.15) is 4.98 Å². The Hall–Kier alpha value is -2.57. The first-order chi connectivity index (χ1) is 12.6. The normalized spacial score (nSPS) is 13.6. The molecule has 0 aliphatic carbocycles. The molecular formula is C19H26N4O3. The Morgan fingerprint density at radius 2 is 2.23 bits per heavy atom. The van der Waals surface area contributed by atoms with Crippen LogP contribution < -0.4 is 10.1 Å². The minimum atomic E-state index is -0.0353. The average molecular weight is 358 g/mol. The zero-order valence-electron chi connectivity index (χ0n) is 15.6. The summed E-state index contributed by atoms with van der Waals surface area (Å²) >= 11 is 0. The summed E-state index contributed by atoms with van der Waals surface area (Å²) < 4.78 is 10.5. The van der Waals surface area contributed by atoms with Crippen molar-refractivity contribution in [2.45, 2.75) is 45.6 Å². The molecule has 0 saturated carbocycles. The minimum absolute atomic E-state index is 0.0353. The van der Waals surface area contributed by atoms with Crippen LogP contribution in [0.15, 0.2) is 22.7 Å². The third kappa shape index (κ3) is 4.33. The summed E-state index contributed by atoms with van der Waals surface area (Å²) in [6, 6.07) is 6.03. The number of methoxy groups -OCH3 is 1. The molecule has 140 valence electrons. The number of hydrogen-bond donors (Lipinski definition) is 1. The smallest absolute Gasteiger partial charge is 0.317 e. The van der Waals surface area contributed by atoms with Gasteiger partial charge in [-0.1, -0.05) is 25.1 Å². The van der Waals surface area contributed by atoms with Gasteiger partial charge in [0.2, 0.25) is 5.89 Å². The van der Waals surface area contributed by atoms with Crippen molar-refractivity contribution in [1.82, 2.24) is 20.4 Å². The van der Waals surface area contributed by atoms with Crippen molar-refractivity contribution in [3.63, 3.8) is 0 Å². The highest BCUT2D eigenvalue weighted by molar-refractivity contribution is 5.74. The van der Waals surface area contributed by atoms with E-state index in [-0.39, 0.29) is 11.9 Å². The maximum atomic E-state index is 12.4. The van der Waals surface area contributed by atoms with Crippen molar-refractivity contribution in [3.8, 4) is 5.75 Å². The molecule has 3 rings (SSSR count). The van der Waals surface area contributed by atoms with Gasteiger partial charge in [-0.25, -0.2) is 4.79 Å². The van der Waals surface area contributed by atoms with Crippen molar-refractivity contribution in [3.05, 3.63) is 41.0 Å². The fourth-order valence-electron chi connectivity index (χ4n) is 2.98. The van der Waals surface area contributed by atoms with E-state index in [1.807, 2.05) is 30.9 Å². The molecular weight excluding hydrogens is 332 g/mol. The molecule has 0 saturated heterocycles. The van der Waals surface area contributed by atoms with Crippen molar-refractivity contribution >= 4 is 6.03 Å². The highest BCUT2D eigenvalue weighted by atomic mass is 16.5. The number of nitrogens with one attached hydrogen (secondary N) is 1. The molecule has 7 nitrogen and oxygen atoms in total. The lowest BCUT2D eigenvalue weighted by Gasteiger charge is -2.29. The highest BCUT2D eigenvalue weighted by Gasteiger charge is 2.20. The van der Waals surface area contributed by atoms with Gasteiger partial charge in [0.05, 0.1) is 7.11 Å². The number of rotatable bonds is 6. The van der Waals surface area contributed by atoms with Gasteiger partial charge >= 0.3 is 6.03 Å². The minimum Gasteiger partial charge on any atom is -0.497 e. The van der Waals surface area contributed by atoms with Gasteiger partial charge in [0.25, 0.3) is 0 Å². The average Bonchev–Trinajstić information content (AvgIpc) is 3.13. The summed E-state index contributed by atoms with van der Waals surface area (Å²) in [5, 5.41) is 6.92. The number of aryl methyl sites for hydroxylation is 1. The molecule has 0 spiro atoms. The molecule has 1 aliphatic heterocycles. The molecule has 0 atom stereocenters. The van der Waals surface area contributed by atoms with Crippen LogP contribution in [0.5, 0.6) is 5.75 Å². The molecule has 2 heterocycles. The first kappa shape index (κ1) is 18.2. The van der Waals surface area contributed by atoms with Crippen LogP contribution in [0.25, 0.3) is 0 Å². The lowest BCUT2D eigenvalue weighted by atomic mass is 10.00. The van der Waals surface area contributed by atoms with E-state index in [4.69, 9.17) is 9.26 Å². The topological polar surface area (TPSA) is 80.5 Å². The third-order valence-electron chi connectivity index (χ3n) is 4.56. The van der Waals surface area contributed by atoms with Gasteiger partial charge in [0.15, 0.2) is 5.82 Å². The number of benzene rings is 1. The van der Waals surface area contributed by atoms with E-state index in [2.05, 4.69) is 21.5 Å². The summed E-state index contributed by atoms with van der Waals surface area (Å²) in [4.78, 5) is 18.6. The number of amides is 2. The van der Waals surface area contributed by atoms with Gasteiger partial charge in [0, 0.05) is 32.0 Å². The molecule has 26 heavy (non-hydrogen) atoms. The Bertz CT molecular complexity index is 757. The van der Waals surface area contributed by atoms with Crippen LogP contribution in [0, 0.1) is 0 Å². The second-order valence-corrected chi connectivity index (χ2v) is 6.84. The summed E-state index contributed by atoms with van der Waals surface area (Å²) in [5.41, 5.74) is 2.44. The number of ether oxygens (including phenoxy) is 1. The zero-order valence-corrected chi connectivity index (χ0v) is 15.6. The summed E-state index contributed by atoms with van der Waals surface area (Å²) in [6.45, 7) is 5.98. The number of carbonyl (C=O) groups is 1. The Balaban J connectivity index is 1.45. The number of nitrogens with zero attached hydrogens (tertiary/aromatic N) is 3. The Morgan fingerprint density at radius 1 is 1.38 bits per heavy atom. The van der Waals surface area contributed by atoms with E-state index >= 15 is 0 Å². The second kappa shape index (κ2) is 8.21. The van der Waals surface area contributed by atoms with Gasteiger partial charge in [-0.05, 0) is 36.1 Å². The van der Waals surface area contributed by atoms with E-state index in [0.717, 1.165) is 36.5 Å². The molecule has 7 heteroatoms. The lowest BCUT2D eigenvalue weighted by molar-refractivity contribution is 0.192. The van der Waals surface area contributed by atoms with Crippen molar-refractivity contribution in [2.75, 3.05) is 20.2 Å². The summed E-state index contributed by atoms with van der Waals surface area (Å²) in [6.07, 6.45) is 2.30. The molecule has 1 N–H and O–H groups in total. The van der Waals surface area contributed by atoms with Crippen LogP contribution in [0.2, 0.25) is 0 Å². The molecule has 1 aromatic heterocycles.